The lowest BCUT2D eigenvalue weighted by Gasteiger charge is -2.27. The van der Waals surface area contributed by atoms with E-state index in [0.29, 0.717) is 18.4 Å². The summed E-state index contributed by atoms with van der Waals surface area (Å²) in [5.74, 6) is 1.52. The van der Waals surface area contributed by atoms with Gasteiger partial charge in [-0.05, 0) is 36.8 Å². The van der Waals surface area contributed by atoms with Crippen molar-refractivity contribution in [2.45, 2.75) is 52.0 Å². The van der Waals surface area contributed by atoms with Crippen LogP contribution in [0.3, 0.4) is 0 Å². The molecule has 0 spiro atoms. The Hall–Kier alpha value is -1.15. The van der Waals surface area contributed by atoms with Crippen molar-refractivity contribution in [3.63, 3.8) is 0 Å². The highest BCUT2D eigenvalue weighted by atomic mass is 16.1. The van der Waals surface area contributed by atoms with Gasteiger partial charge in [-0.2, -0.15) is 0 Å². The summed E-state index contributed by atoms with van der Waals surface area (Å²) in [7, 11) is 0. The molecule has 1 fully saturated rings. The normalized spacial score (nSPS) is 23.6. The molecule has 1 aromatic carbocycles. The molecule has 1 N–H and O–H groups in total. The maximum absolute atomic E-state index is 12.3. The van der Waals surface area contributed by atoms with E-state index in [1.807, 2.05) is 12.1 Å². The van der Waals surface area contributed by atoms with Crippen molar-refractivity contribution in [3.05, 3.63) is 35.4 Å². The monoisotopic (exact) mass is 259 g/mol. The van der Waals surface area contributed by atoms with Crippen LogP contribution in [0.15, 0.2) is 24.3 Å². The van der Waals surface area contributed by atoms with Crippen LogP contribution in [0.1, 0.15) is 61.9 Å². The molecule has 2 heteroatoms. The highest BCUT2D eigenvalue weighted by molar-refractivity contribution is 5.96. The van der Waals surface area contributed by atoms with Gasteiger partial charge in [0.1, 0.15) is 0 Å². The Morgan fingerprint density at radius 1 is 1.32 bits per heavy atom. The molecule has 2 rings (SSSR count). The van der Waals surface area contributed by atoms with Gasteiger partial charge in [0.05, 0.1) is 0 Å². The summed E-state index contributed by atoms with van der Waals surface area (Å²) in [6.07, 6.45) is 2.98. The summed E-state index contributed by atoms with van der Waals surface area (Å²) in [5, 5.41) is 3.46. The van der Waals surface area contributed by atoms with Gasteiger partial charge in [0.15, 0.2) is 5.78 Å². The Morgan fingerprint density at radius 3 is 2.58 bits per heavy atom. The Labute approximate surface area is 116 Å². The molecule has 0 amide bonds. The predicted octanol–water partition coefficient (Wildman–Crippen LogP) is 3.77. The second-order valence-corrected chi connectivity index (χ2v) is 6.18. The van der Waals surface area contributed by atoms with Crippen molar-refractivity contribution in [1.82, 2.24) is 5.32 Å². The van der Waals surface area contributed by atoms with Gasteiger partial charge in [-0.3, -0.25) is 4.79 Å². The Bertz CT molecular complexity index is 421. The Morgan fingerprint density at radius 2 is 2.00 bits per heavy atom. The van der Waals surface area contributed by atoms with Crippen molar-refractivity contribution >= 4 is 5.78 Å². The van der Waals surface area contributed by atoms with Crippen molar-refractivity contribution < 1.29 is 4.79 Å². The Kier molecular flexibility index (Phi) is 4.76. The fourth-order valence-electron chi connectivity index (χ4n) is 2.77. The van der Waals surface area contributed by atoms with Crippen molar-refractivity contribution in [1.29, 1.82) is 0 Å². The molecule has 0 saturated carbocycles. The summed E-state index contributed by atoms with van der Waals surface area (Å²) in [6, 6.07) is 8.47. The van der Waals surface area contributed by atoms with Gasteiger partial charge in [-0.15, -0.1) is 0 Å². The first-order valence-corrected chi connectivity index (χ1v) is 7.42. The molecule has 1 aliphatic rings. The SMILES string of the molecule is CC1CCNC(CC(=O)c2ccc(C(C)C)cc2)C1. The molecule has 0 radical (unpaired) electrons. The van der Waals surface area contributed by atoms with Gasteiger partial charge < -0.3 is 5.32 Å². The molecular weight excluding hydrogens is 234 g/mol. The van der Waals surface area contributed by atoms with Crippen LogP contribution in [-0.4, -0.2) is 18.4 Å². The third kappa shape index (κ3) is 3.90. The van der Waals surface area contributed by atoms with Gasteiger partial charge in [0, 0.05) is 18.0 Å². The summed E-state index contributed by atoms with van der Waals surface area (Å²) < 4.78 is 0. The number of piperidine rings is 1. The molecule has 0 aromatic heterocycles. The lowest BCUT2D eigenvalue weighted by Crippen LogP contribution is -2.38. The van der Waals surface area contributed by atoms with Gasteiger partial charge in [-0.1, -0.05) is 45.0 Å². The zero-order chi connectivity index (χ0) is 13.8. The molecule has 2 nitrogen and oxygen atoms in total. The molecule has 1 aromatic rings. The lowest BCUT2D eigenvalue weighted by molar-refractivity contribution is 0.0959. The van der Waals surface area contributed by atoms with E-state index in [2.05, 4.69) is 38.2 Å². The van der Waals surface area contributed by atoms with Gasteiger partial charge in [-0.25, -0.2) is 0 Å². The average molecular weight is 259 g/mol. The van der Waals surface area contributed by atoms with Crippen LogP contribution in [0.25, 0.3) is 0 Å². The molecule has 1 heterocycles. The van der Waals surface area contributed by atoms with E-state index in [4.69, 9.17) is 0 Å². The van der Waals surface area contributed by atoms with Crippen LogP contribution in [0.5, 0.6) is 0 Å². The van der Waals surface area contributed by atoms with Crippen LogP contribution in [0.4, 0.5) is 0 Å². The third-order valence-electron chi connectivity index (χ3n) is 4.09. The maximum atomic E-state index is 12.3. The Balaban J connectivity index is 1.95. The van der Waals surface area contributed by atoms with E-state index in [0.717, 1.165) is 24.4 Å². The number of benzene rings is 1. The molecule has 2 unspecified atom stereocenters. The van der Waals surface area contributed by atoms with E-state index in [9.17, 15) is 4.79 Å². The topological polar surface area (TPSA) is 29.1 Å². The first-order valence-electron chi connectivity index (χ1n) is 7.42. The second-order valence-electron chi connectivity index (χ2n) is 6.18. The quantitative estimate of drug-likeness (QED) is 0.834. The van der Waals surface area contributed by atoms with Crippen LogP contribution in [-0.2, 0) is 0 Å². The van der Waals surface area contributed by atoms with Crippen molar-refractivity contribution in [2.24, 2.45) is 5.92 Å². The first-order chi connectivity index (χ1) is 9.06. The van der Waals surface area contributed by atoms with Crippen LogP contribution < -0.4 is 5.32 Å². The minimum atomic E-state index is 0.266. The van der Waals surface area contributed by atoms with Gasteiger partial charge in [0.2, 0.25) is 0 Å². The van der Waals surface area contributed by atoms with Crippen molar-refractivity contribution in [3.8, 4) is 0 Å². The van der Waals surface area contributed by atoms with Gasteiger partial charge >= 0.3 is 0 Å². The third-order valence-corrected chi connectivity index (χ3v) is 4.09. The molecule has 19 heavy (non-hydrogen) atoms. The summed E-state index contributed by atoms with van der Waals surface area (Å²) in [5.41, 5.74) is 2.14. The van der Waals surface area contributed by atoms with E-state index < -0.39 is 0 Å². The van der Waals surface area contributed by atoms with E-state index in [1.165, 1.54) is 12.0 Å². The van der Waals surface area contributed by atoms with Crippen LogP contribution >= 0.6 is 0 Å². The number of hydrogen-bond donors (Lipinski definition) is 1. The van der Waals surface area contributed by atoms with Crippen LogP contribution in [0.2, 0.25) is 0 Å². The minimum absolute atomic E-state index is 0.266. The number of hydrogen-bond acceptors (Lipinski definition) is 2. The predicted molar refractivity (Wildman–Crippen MR) is 79.7 cm³/mol. The zero-order valence-corrected chi connectivity index (χ0v) is 12.3. The summed E-state index contributed by atoms with van der Waals surface area (Å²) in [4.78, 5) is 12.3. The molecule has 1 aliphatic heterocycles. The number of carbonyl (C=O) groups is 1. The highest BCUT2D eigenvalue weighted by Crippen LogP contribution is 2.20. The lowest BCUT2D eigenvalue weighted by atomic mass is 9.90. The number of carbonyl (C=O) groups excluding carboxylic acids is 1. The number of ketones is 1. The molecule has 1 saturated heterocycles. The summed E-state index contributed by atoms with van der Waals surface area (Å²) in [6.45, 7) is 7.66. The van der Waals surface area contributed by atoms with Crippen LogP contribution in [0, 0.1) is 5.92 Å². The molecular formula is C17H25NO. The average Bonchev–Trinajstić information content (AvgIpc) is 2.39. The fraction of sp³-hybridized carbons (Fsp3) is 0.588. The molecule has 2 atom stereocenters. The smallest absolute Gasteiger partial charge is 0.164 e. The van der Waals surface area contributed by atoms with E-state index in [-0.39, 0.29) is 5.78 Å². The zero-order valence-electron chi connectivity index (χ0n) is 12.3. The standard InChI is InChI=1S/C17H25NO/c1-12(2)14-4-6-15(7-5-14)17(19)11-16-10-13(3)8-9-18-16/h4-7,12-13,16,18H,8-11H2,1-3H3. The molecule has 0 bridgehead atoms. The fourth-order valence-corrected chi connectivity index (χ4v) is 2.77. The number of rotatable bonds is 4. The minimum Gasteiger partial charge on any atom is -0.314 e. The largest absolute Gasteiger partial charge is 0.314 e. The second kappa shape index (κ2) is 6.33. The molecule has 0 aliphatic carbocycles. The van der Waals surface area contributed by atoms with Gasteiger partial charge in [0.25, 0.3) is 0 Å². The summed E-state index contributed by atoms with van der Waals surface area (Å²) >= 11 is 0. The highest BCUT2D eigenvalue weighted by Gasteiger charge is 2.21. The maximum Gasteiger partial charge on any atom is 0.164 e. The number of Topliss-reactive ketones (excluding diaryl/α,β-unsaturated/α-hetero) is 1. The van der Waals surface area contributed by atoms with E-state index in [1.54, 1.807) is 0 Å². The first kappa shape index (κ1) is 14.3. The van der Waals surface area contributed by atoms with Crippen molar-refractivity contribution in [2.75, 3.05) is 6.54 Å². The molecule has 104 valence electrons. The van der Waals surface area contributed by atoms with E-state index >= 15 is 0 Å². The number of nitrogens with one attached hydrogen (secondary N) is 1.